The van der Waals surface area contributed by atoms with Crippen LogP contribution in [0.4, 0.5) is 0 Å². The quantitative estimate of drug-likeness (QED) is 0.164. The third-order valence-corrected chi connectivity index (χ3v) is 19.8. The Kier molecular flexibility index (Phi) is 17.0. The molecule has 0 aliphatic heterocycles. The van der Waals surface area contributed by atoms with Crippen LogP contribution in [-0.2, 0) is 0 Å². The van der Waals surface area contributed by atoms with Crippen LogP contribution < -0.4 is 10.5 Å². The van der Waals surface area contributed by atoms with Crippen LogP contribution >= 0.6 is 0 Å². The molecule has 1 aromatic carbocycles. The van der Waals surface area contributed by atoms with Crippen molar-refractivity contribution in [3.05, 3.63) is 155 Å². The number of rotatable bonds is 15. The molecule has 0 saturated heterocycles. The van der Waals surface area contributed by atoms with Gasteiger partial charge < -0.3 is 0 Å². The molecule has 0 aromatic heterocycles. The van der Waals surface area contributed by atoms with E-state index in [-0.39, 0.29) is 0 Å². The van der Waals surface area contributed by atoms with Crippen LogP contribution in [-0.4, -0.2) is 60.6 Å². The van der Waals surface area contributed by atoms with Gasteiger partial charge in [-0.1, -0.05) is 0 Å². The van der Waals surface area contributed by atoms with Gasteiger partial charge in [-0.25, -0.2) is 0 Å². The van der Waals surface area contributed by atoms with Gasteiger partial charge in [0, 0.05) is 0 Å². The average molecular weight is 759 g/mol. The molecule has 0 saturated carbocycles. The van der Waals surface area contributed by atoms with Crippen LogP contribution in [0.25, 0.3) is 0 Å². The molecule has 0 aliphatic carbocycles. The molecule has 0 fully saturated rings. The number of benzene rings is 1. The maximum atomic E-state index is 3.88. The van der Waals surface area contributed by atoms with Gasteiger partial charge >= 0.3 is 226 Å². The number of allylic oxidation sites excluding steroid dienone is 12. The van der Waals surface area contributed by atoms with Gasteiger partial charge in [0.05, 0.1) is 0 Å². The molecule has 1 rings (SSSR count). The topological polar surface area (TPSA) is 0 Å². The second-order valence-electron chi connectivity index (χ2n) is 6.39. The molecule has 0 bridgehead atoms. The van der Waals surface area contributed by atoms with Crippen LogP contribution in [0.5, 0.6) is 0 Å². The Morgan fingerprint density at radius 2 is 0.545 bits per heavy atom. The monoisotopic (exact) mass is 756 g/mol. The molecular weight excluding hydrogens is 726 g/mol. The summed E-state index contributed by atoms with van der Waals surface area (Å²) in [6, 6.07) is 7.34. The fraction of sp³-hybridized carbons (Fsp3) is 0. The summed E-state index contributed by atoms with van der Waals surface area (Å²) in [7, 11) is 0. The standard InChI is InChI=1S/C6H3.6C4H5.3Sb/c1-2-4-6-5-3-1;6*1-3-4-2;;;/h1,4-5H;6*1,3-4H,2H2;;;. The van der Waals surface area contributed by atoms with Gasteiger partial charge in [-0.3, -0.25) is 0 Å². The first-order valence-corrected chi connectivity index (χ1v) is 23.1. The van der Waals surface area contributed by atoms with Gasteiger partial charge in [-0.05, 0) is 0 Å². The zero-order valence-corrected chi connectivity index (χ0v) is 26.9. The Labute approximate surface area is 223 Å². The van der Waals surface area contributed by atoms with E-state index >= 15 is 0 Å². The Bertz CT molecular complexity index is 805. The predicted molar refractivity (Wildman–Crippen MR) is 159 cm³/mol. The van der Waals surface area contributed by atoms with Gasteiger partial charge in [0.1, 0.15) is 0 Å². The van der Waals surface area contributed by atoms with E-state index < -0.39 is 60.6 Å². The summed E-state index contributed by atoms with van der Waals surface area (Å²) in [4.78, 5) is 0. The van der Waals surface area contributed by atoms with Crippen molar-refractivity contribution in [3.8, 4) is 0 Å². The molecule has 3 heteroatoms. The molecule has 33 heavy (non-hydrogen) atoms. The number of hydrogen-bond acceptors (Lipinski definition) is 0. The molecule has 0 unspecified atom stereocenters. The van der Waals surface area contributed by atoms with Crippen molar-refractivity contribution in [2.75, 3.05) is 0 Å². The van der Waals surface area contributed by atoms with Crippen molar-refractivity contribution in [2.24, 2.45) is 0 Å². The summed E-state index contributed by atoms with van der Waals surface area (Å²) in [5.41, 5.74) is 0. The second kappa shape index (κ2) is 18.9. The predicted octanol–water partition coefficient (Wildman–Crippen LogP) is 5.48. The normalized spacial score (nSPS) is 12.5. The van der Waals surface area contributed by atoms with E-state index in [1.54, 1.807) is 0 Å². The van der Waals surface area contributed by atoms with Crippen molar-refractivity contribution >= 4 is 71.2 Å². The van der Waals surface area contributed by atoms with Crippen LogP contribution in [0.3, 0.4) is 0 Å². The van der Waals surface area contributed by atoms with E-state index in [9.17, 15) is 0 Å². The first-order valence-electron chi connectivity index (χ1n) is 10.4. The molecule has 0 nitrogen and oxygen atoms in total. The van der Waals surface area contributed by atoms with Gasteiger partial charge in [0.15, 0.2) is 0 Å². The van der Waals surface area contributed by atoms with Gasteiger partial charge in [-0.2, -0.15) is 0 Å². The molecule has 0 spiro atoms. The van der Waals surface area contributed by atoms with Crippen LogP contribution in [0.15, 0.2) is 155 Å². The maximum absolute atomic E-state index is 3.88. The zero-order valence-electron chi connectivity index (χ0n) is 19.2. The summed E-state index contributed by atoms with van der Waals surface area (Å²) in [5, 5.41) is 0. The Morgan fingerprint density at radius 3 is 0.697 bits per heavy atom. The SMILES string of the molecule is C=CC=[CH][Sb]([CH]=CC=C)[c]1c[c]([Sb]([CH]=CC=C)[CH]=CC=C)c[c]([Sb]([CH]=CC=C)[CH]=CC=C)c1. The van der Waals surface area contributed by atoms with Crippen molar-refractivity contribution in [1.82, 2.24) is 0 Å². The molecular formula is C30H33Sb3. The third-order valence-electron chi connectivity index (χ3n) is 4.08. The van der Waals surface area contributed by atoms with Gasteiger partial charge in [-0.15, -0.1) is 0 Å². The fourth-order valence-electron chi connectivity index (χ4n) is 2.61. The summed E-state index contributed by atoms with van der Waals surface area (Å²) in [5.74, 6) is 0. The van der Waals surface area contributed by atoms with Crippen molar-refractivity contribution in [1.29, 1.82) is 0 Å². The van der Waals surface area contributed by atoms with Crippen LogP contribution in [0.2, 0.25) is 0 Å². The molecule has 0 amide bonds. The average Bonchev–Trinajstić information content (AvgIpc) is 2.84. The Morgan fingerprint density at radius 1 is 0.364 bits per heavy atom. The summed E-state index contributed by atoms with van der Waals surface area (Å²) < 4.78 is 18.6. The minimum absolute atomic E-state index is 1.46. The van der Waals surface area contributed by atoms with Crippen LogP contribution in [0, 0.1) is 0 Å². The van der Waals surface area contributed by atoms with Crippen molar-refractivity contribution in [2.45, 2.75) is 0 Å². The van der Waals surface area contributed by atoms with Gasteiger partial charge in [0.25, 0.3) is 0 Å². The second-order valence-corrected chi connectivity index (χ2v) is 22.9. The van der Waals surface area contributed by atoms with Crippen molar-refractivity contribution in [3.63, 3.8) is 0 Å². The van der Waals surface area contributed by atoms with E-state index in [0.717, 1.165) is 0 Å². The first-order chi connectivity index (χ1) is 16.1. The first kappa shape index (κ1) is 29.6. The van der Waals surface area contributed by atoms with Crippen LogP contribution in [0.1, 0.15) is 0 Å². The third kappa shape index (κ3) is 11.5. The van der Waals surface area contributed by atoms with Gasteiger partial charge in [0.2, 0.25) is 0 Å². The summed E-state index contributed by atoms with van der Waals surface area (Å²) in [6.07, 6.45) is 23.7. The molecule has 0 aliphatic rings. The minimum atomic E-state index is -2.02. The molecule has 0 N–H and O–H groups in total. The molecule has 1 aromatic rings. The van der Waals surface area contributed by atoms with Crippen molar-refractivity contribution < 1.29 is 0 Å². The van der Waals surface area contributed by atoms with E-state index in [4.69, 9.17) is 0 Å². The molecule has 168 valence electrons. The number of hydrogen-bond donors (Lipinski definition) is 0. The Balaban J connectivity index is 3.84. The molecule has 0 atom stereocenters. The van der Waals surface area contributed by atoms with E-state index in [0.29, 0.717) is 0 Å². The fourth-order valence-corrected chi connectivity index (χ4v) is 19.3. The zero-order chi connectivity index (χ0) is 24.3. The van der Waals surface area contributed by atoms with E-state index in [1.807, 2.05) is 36.5 Å². The summed E-state index contributed by atoms with van der Waals surface area (Å²) >= 11 is -6.06. The summed E-state index contributed by atoms with van der Waals surface area (Å²) in [6.45, 7) is 23.3. The van der Waals surface area contributed by atoms with E-state index in [2.05, 4.69) is 118 Å². The molecule has 0 heterocycles. The molecule has 0 radical (unpaired) electrons. The van der Waals surface area contributed by atoms with E-state index in [1.165, 1.54) is 10.5 Å². The Hall–Kier alpha value is -1.45.